The van der Waals surface area contributed by atoms with E-state index in [9.17, 15) is 14.7 Å². The van der Waals surface area contributed by atoms with Gasteiger partial charge in [-0.05, 0) is 31.0 Å². The number of carbonyl (C=O) groups excluding carboxylic acids is 2. The lowest BCUT2D eigenvalue weighted by Gasteiger charge is -2.25. The van der Waals surface area contributed by atoms with Gasteiger partial charge in [-0.15, -0.1) is 0 Å². The maximum absolute atomic E-state index is 13.0. The van der Waals surface area contributed by atoms with Crippen molar-refractivity contribution in [2.24, 2.45) is 0 Å². The van der Waals surface area contributed by atoms with Crippen LogP contribution in [0.2, 0.25) is 0 Å². The molecule has 30 heavy (non-hydrogen) atoms. The van der Waals surface area contributed by atoms with E-state index in [0.717, 1.165) is 18.4 Å². The van der Waals surface area contributed by atoms with E-state index >= 15 is 0 Å². The van der Waals surface area contributed by atoms with Gasteiger partial charge in [0.05, 0.1) is 25.8 Å². The average molecular weight is 409 g/mol. The Hall–Kier alpha value is -3.28. The van der Waals surface area contributed by atoms with Gasteiger partial charge in [0.15, 0.2) is 11.5 Å². The highest BCUT2D eigenvalue weighted by Gasteiger charge is 2.45. The molecular formula is C24H27NO5. The molecule has 6 heteroatoms. The predicted molar refractivity (Wildman–Crippen MR) is 115 cm³/mol. The molecule has 0 unspecified atom stereocenters. The summed E-state index contributed by atoms with van der Waals surface area (Å²) in [7, 11) is 3.07. The molecule has 6 nitrogen and oxygen atoms in total. The third kappa shape index (κ3) is 3.90. The molecule has 0 spiro atoms. The number of likely N-dealkylation sites (tertiary alicyclic amines) is 1. The van der Waals surface area contributed by atoms with Crippen LogP contribution in [0.1, 0.15) is 42.5 Å². The van der Waals surface area contributed by atoms with Gasteiger partial charge in [-0.2, -0.15) is 0 Å². The summed E-state index contributed by atoms with van der Waals surface area (Å²) in [6, 6.07) is 11.8. The number of methoxy groups -OCH3 is 2. The minimum Gasteiger partial charge on any atom is -0.507 e. The number of hydrogen-bond acceptors (Lipinski definition) is 5. The largest absolute Gasteiger partial charge is 0.507 e. The molecule has 2 aromatic carbocycles. The second kappa shape index (κ2) is 9.03. The highest BCUT2D eigenvalue weighted by Crippen LogP contribution is 2.42. The number of amides is 1. The predicted octanol–water partition coefficient (Wildman–Crippen LogP) is 4.23. The van der Waals surface area contributed by atoms with Crippen LogP contribution in [-0.2, 0) is 9.59 Å². The summed E-state index contributed by atoms with van der Waals surface area (Å²) in [5, 5.41) is 11.0. The van der Waals surface area contributed by atoms with Gasteiger partial charge in [-0.3, -0.25) is 9.59 Å². The van der Waals surface area contributed by atoms with Gasteiger partial charge >= 0.3 is 0 Å². The van der Waals surface area contributed by atoms with Crippen molar-refractivity contribution in [1.82, 2.24) is 4.90 Å². The highest BCUT2D eigenvalue weighted by atomic mass is 16.5. The van der Waals surface area contributed by atoms with Gasteiger partial charge in [-0.1, -0.05) is 49.2 Å². The van der Waals surface area contributed by atoms with Crippen molar-refractivity contribution in [3.8, 4) is 11.5 Å². The van der Waals surface area contributed by atoms with Crippen LogP contribution in [0.4, 0.5) is 0 Å². The third-order valence-corrected chi connectivity index (χ3v) is 5.34. The lowest BCUT2D eigenvalue weighted by Crippen LogP contribution is -2.30. The number of unbranched alkanes of at least 4 members (excludes halogenated alkanes) is 1. The topological polar surface area (TPSA) is 76.1 Å². The quantitative estimate of drug-likeness (QED) is 0.421. The summed E-state index contributed by atoms with van der Waals surface area (Å²) in [5.74, 6) is -0.412. The number of aryl methyl sites for hydroxylation is 1. The van der Waals surface area contributed by atoms with Crippen LogP contribution in [-0.4, -0.2) is 42.5 Å². The fraction of sp³-hybridized carbons (Fsp3) is 0.333. The molecule has 1 heterocycles. The molecule has 0 bridgehead atoms. The fourth-order valence-electron chi connectivity index (χ4n) is 3.68. The minimum absolute atomic E-state index is 0.0900. The zero-order chi connectivity index (χ0) is 21.8. The number of Topliss-reactive ketones (excluding diaryl/α,β-unsaturated/α-hetero) is 1. The lowest BCUT2D eigenvalue weighted by atomic mass is 9.94. The number of aliphatic hydroxyl groups excluding tert-OH is 1. The fourth-order valence-corrected chi connectivity index (χ4v) is 3.68. The van der Waals surface area contributed by atoms with Crippen molar-refractivity contribution < 1.29 is 24.2 Å². The summed E-state index contributed by atoms with van der Waals surface area (Å²) in [6.07, 6.45) is 1.63. The van der Waals surface area contributed by atoms with Crippen LogP contribution in [0.25, 0.3) is 5.76 Å². The number of carbonyl (C=O) groups is 2. The molecule has 1 fully saturated rings. The summed E-state index contributed by atoms with van der Waals surface area (Å²) in [5.41, 5.74) is 2.30. The Morgan fingerprint density at radius 1 is 1.03 bits per heavy atom. The van der Waals surface area contributed by atoms with Gasteiger partial charge in [0, 0.05) is 12.1 Å². The molecule has 1 aliphatic heterocycles. The van der Waals surface area contributed by atoms with Crippen molar-refractivity contribution in [2.75, 3.05) is 20.8 Å². The summed E-state index contributed by atoms with van der Waals surface area (Å²) in [4.78, 5) is 27.3. The molecule has 158 valence electrons. The maximum Gasteiger partial charge on any atom is 0.295 e. The normalized spacial score (nSPS) is 18.0. The van der Waals surface area contributed by atoms with Crippen molar-refractivity contribution in [3.05, 3.63) is 64.7 Å². The average Bonchev–Trinajstić information content (AvgIpc) is 3.01. The Kier molecular flexibility index (Phi) is 6.45. The minimum atomic E-state index is -0.697. The number of hydrogen-bond donors (Lipinski definition) is 1. The van der Waals surface area contributed by atoms with Gasteiger partial charge < -0.3 is 19.5 Å². The molecule has 0 aliphatic carbocycles. The molecule has 1 aliphatic rings. The summed E-state index contributed by atoms with van der Waals surface area (Å²) in [6.45, 7) is 4.39. The molecule has 1 atom stereocenters. The van der Waals surface area contributed by atoms with Crippen molar-refractivity contribution in [2.45, 2.75) is 32.7 Å². The van der Waals surface area contributed by atoms with Crippen molar-refractivity contribution >= 4 is 17.4 Å². The van der Waals surface area contributed by atoms with Gasteiger partial charge in [-0.25, -0.2) is 0 Å². The zero-order valence-electron chi connectivity index (χ0n) is 17.8. The lowest BCUT2D eigenvalue weighted by molar-refractivity contribution is -0.139. The monoisotopic (exact) mass is 409 g/mol. The van der Waals surface area contributed by atoms with E-state index in [2.05, 4.69) is 0 Å². The third-order valence-electron chi connectivity index (χ3n) is 5.34. The molecule has 1 N–H and O–H groups in total. The Labute approximate surface area is 176 Å². The Bertz CT molecular complexity index is 978. The van der Waals surface area contributed by atoms with E-state index in [1.807, 2.05) is 26.0 Å². The molecule has 0 aromatic heterocycles. The number of rotatable bonds is 7. The molecule has 2 aromatic rings. The number of nitrogens with zero attached hydrogens (tertiary/aromatic N) is 1. The second-order valence-electron chi connectivity index (χ2n) is 7.33. The van der Waals surface area contributed by atoms with E-state index in [0.29, 0.717) is 29.2 Å². The first-order valence-corrected chi connectivity index (χ1v) is 10.00. The molecular weight excluding hydrogens is 382 g/mol. The summed E-state index contributed by atoms with van der Waals surface area (Å²) >= 11 is 0. The van der Waals surface area contributed by atoms with E-state index < -0.39 is 17.7 Å². The molecule has 3 rings (SSSR count). The zero-order valence-corrected chi connectivity index (χ0v) is 17.8. The molecule has 0 radical (unpaired) electrons. The van der Waals surface area contributed by atoms with E-state index in [1.54, 1.807) is 37.4 Å². The molecule has 0 saturated carbocycles. The van der Waals surface area contributed by atoms with Gasteiger partial charge in [0.1, 0.15) is 5.76 Å². The standard InChI is InChI=1S/C24H27NO5/c1-5-6-13-25-21(17-11-12-18(29-3)19(14-17)30-4)20(23(27)24(25)28)22(26)16-9-7-15(2)8-10-16/h7-12,14,21,26H,5-6,13H2,1-4H3/t21-/m0/s1. The number of ketones is 1. The Morgan fingerprint density at radius 3 is 2.30 bits per heavy atom. The molecule has 1 saturated heterocycles. The van der Waals surface area contributed by atoms with Crippen molar-refractivity contribution in [1.29, 1.82) is 0 Å². The number of benzene rings is 2. The SMILES string of the molecule is CCCCN1C(=O)C(=O)C(=C(O)c2ccc(C)cc2)[C@@H]1c1ccc(OC)c(OC)c1. The maximum atomic E-state index is 13.0. The van der Waals surface area contributed by atoms with Crippen LogP contribution in [0, 0.1) is 6.92 Å². The second-order valence-corrected chi connectivity index (χ2v) is 7.33. The smallest absolute Gasteiger partial charge is 0.295 e. The van der Waals surface area contributed by atoms with Gasteiger partial charge in [0.2, 0.25) is 0 Å². The van der Waals surface area contributed by atoms with E-state index in [4.69, 9.17) is 9.47 Å². The first-order valence-electron chi connectivity index (χ1n) is 10.00. The van der Waals surface area contributed by atoms with E-state index in [-0.39, 0.29) is 11.3 Å². The van der Waals surface area contributed by atoms with Gasteiger partial charge in [0.25, 0.3) is 11.7 Å². The Balaban J connectivity index is 2.18. The molecule has 1 amide bonds. The first-order chi connectivity index (χ1) is 14.4. The van der Waals surface area contributed by atoms with Crippen LogP contribution in [0.3, 0.4) is 0 Å². The van der Waals surface area contributed by atoms with Crippen LogP contribution < -0.4 is 9.47 Å². The Morgan fingerprint density at radius 2 is 1.70 bits per heavy atom. The number of ether oxygens (including phenoxy) is 2. The van der Waals surface area contributed by atoms with Crippen LogP contribution in [0.5, 0.6) is 11.5 Å². The highest BCUT2D eigenvalue weighted by molar-refractivity contribution is 6.46. The van der Waals surface area contributed by atoms with Crippen molar-refractivity contribution in [3.63, 3.8) is 0 Å². The van der Waals surface area contributed by atoms with Crippen LogP contribution in [0.15, 0.2) is 48.0 Å². The summed E-state index contributed by atoms with van der Waals surface area (Å²) < 4.78 is 10.7. The number of aliphatic hydroxyl groups is 1. The van der Waals surface area contributed by atoms with E-state index in [1.165, 1.54) is 12.0 Å². The first kappa shape index (κ1) is 21.4. The van der Waals surface area contributed by atoms with Crippen LogP contribution >= 0.6 is 0 Å².